The fourth-order valence-electron chi connectivity index (χ4n) is 4.33. The van der Waals surface area contributed by atoms with Gasteiger partial charge in [0.15, 0.2) is 0 Å². The van der Waals surface area contributed by atoms with Crippen LogP contribution >= 0.6 is 0 Å². The molecule has 3 nitrogen and oxygen atoms in total. The number of aliphatic hydroxyl groups excluding tert-OH is 1. The minimum atomic E-state index is -0.229. The third-order valence-electron chi connectivity index (χ3n) is 6.02. The molecule has 0 saturated heterocycles. The number of hydrogen-bond donors (Lipinski definition) is 1. The molecule has 1 aliphatic carbocycles. The number of rotatable bonds is 12. The molecule has 1 saturated carbocycles. The molecule has 0 aromatic heterocycles. The maximum atomic E-state index is 11.1. The summed E-state index contributed by atoms with van der Waals surface area (Å²) in [7, 11) is 1.43. The molecule has 1 aliphatic rings. The molecule has 2 rings (SSSR count). The van der Waals surface area contributed by atoms with Crippen LogP contribution < -0.4 is 0 Å². The number of carbonyl (C=O) groups is 1. The average Bonchev–Trinajstić information content (AvgIpc) is 3.08. The first-order valence-corrected chi connectivity index (χ1v) is 11.1. The summed E-state index contributed by atoms with van der Waals surface area (Å²) in [6, 6.07) is 8.99. The predicted octanol–water partition coefficient (Wildman–Crippen LogP) is 5.95. The molecule has 0 bridgehead atoms. The molecule has 3 atom stereocenters. The Morgan fingerprint density at radius 1 is 1.11 bits per heavy atom. The van der Waals surface area contributed by atoms with Crippen molar-refractivity contribution in [2.75, 3.05) is 7.11 Å². The number of esters is 1. The average molecular weight is 387 g/mol. The number of aliphatic hydroxyl groups is 1. The third-order valence-corrected chi connectivity index (χ3v) is 6.02. The first-order valence-electron chi connectivity index (χ1n) is 11.1. The Balaban J connectivity index is 1.82. The standard InChI is InChI=1S/C25H38O3/c1-3-4-5-8-11-20-14-16-22(17-15-20)25-21(18-19-23(25)26)12-9-6-7-10-13-24(27)28-2/h6,9,14-17,21,23,25-26H,3-5,7-8,10-13,18-19H2,1-2H3/b9-6-/t21-,23-,25-/m0/s1. The maximum Gasteiger partial charge on any atom is 0.305 e. The van der Waals surface area contributed by atoms with E-state index in [1.165, 1.54) is 43.9 Å². The number of benzene rings is 1. The van der Waals surface area contributed by atoms with Crippen molar-refractivity contribution in [3.8, 4) is 0 Å². The van der Waals surface area contributed by atoms with Crippen molar-refractivity contribution in [3.63, 3.8) is 0 Å². The number of unbranched alkanes of at least 4 members (excludes halogenated alkanes) is 4. The van der Waals surface area contributed by atoms with E-state index in [9.17, 15) is 9.90 Å². The highest BCUT2D eigenvalue weighted by Crippen LogP contribution is 2.42. The highest BCUT2D eigenvalue weighted by atomic mass is 16.5. The fraction of sp³-hybridized carbons (Fsp3) is 0.640. The summed E-state index contributed by atoms with van der Waals surface area (Å²) in [6.07, 6.45) is 15.7. The smallest absolute Gasteiger partial charge is 0.305 e. The van der Waals surface area contributed by atoms with Crippen LogP contribution in [0.1, 0.15) is 88.2 Å². The van der Waals surface area contributed by atoms with Crippen molar-refractivity contribution in [1.82, 2.24) is 0 Å². The number of ether oxygens (including phenoxy) is 1. The lowest BCUT2D eigenvalue weighted by Crippen LogP contribution is -2.16. The molecular formula is C25H38O3. The van der Waals surface area contributed by atoms with E-state index in [0.717, 1.165) is 38.5 Å². The molecular weight excluding hydrogens is 348 g/mol. The number of carbonyl (C=O) groups excluding carboxylic acids is 1. The highest BCUT2D eigenvalue weighted by Gasteiger charge is 2.35. The summed E-state index contributed by atoms with van der Waals surface area (Å²) in [5.41, 5.74) is 2.70. The lowest BCUT2D eigenvalue weighted by molar-refractivity contribution is -0.140. The second-order valence-electron chi connectivity index (χ2n) is 8.16. The maximum absolute atomic E-state index is 11.1. The van der Waals surface area contributed by atoms with Gasteiger partial charge >= 0.3 is 5.97 Å². The fourth-order valence-corrected chi connectivity index (χ4v) is 4.33. The normalized spacial score (nSPS) is 22.0. The summed E-state index contributed by atoms with van der Waals surface area (Å²) in [5, 5.41) is 10.5. The van der Waals surface area contributed by atoms with E-state index in [1.54, 1.807) is 0 Å². The van der Waals surface area contributed by atoms with E-state index in [-0.39, 0.29) is 18.0 Å². The monoisotopic (exact) mass is 386 g/mol. The molecule has 3 heteroatoms. The summed E-state index contributed by atoms with van der Waals surface area (Å²) in [6.45, 7) is 2.25. The van der Waals surface area contributed by atoms with Gasteiger partial charge in [-0.3, -0.25) is 4.79 Å². The first-order chi connectivity index (χ1) is 13.7. The van der Waals surface area contributed by atoms with Crippen LogP contribution in [-0.4, -0.2) is 24.3 Å². The van der Waals surface area contributed by atoms with Crippen LogP contribution in [0.5, 0.6) is 0 Å². The van der Waals surface area contributed by atoms with Crippen LogP contribution in [0, 0.1) is 5.92 Å². The molecule has 1 N–H and O–H groups in total. The van der Waals surface area contributed by atoms with Crippen LogP contribution in [0.2, 0.25) is 0 Å². The van der Waals surface area contributed by atoms with E-state index in [2.05, 4.69) is 48.1 Å². The Labute approximate surface area is 171 Å². The van der Waals surface area contributed by atoms with Gasteiger partial charge < -0.3 is 9.84 Å². The largest absolute Gasteiger partial charge is 0.469 e. The number of methoxy groups -OCH3 is 1. The quantitative estimate of drug-likeness (QED) is 0.274. The topological polar surface area (TPSA) is 46.5 Å². The number of hydrogen-bond acceptors (Lipinski definition) is 3. The lowest BCUT2D eigenvalue weighted by Gasteiger charge is -2.22. The number of aryl methyl sites for hydroxylation is 1. The van der Waals surface area contributed by atoms with Gasteiger partial charge in [-0.1, -0.05) is 62.6 Å². The van der Waals surface area contributed by atoms with Crippen LogP contribution in [0.15, 0.2) is 36.4 Å². The Morgan fingerprint density at radius 2 is 1.89 bits per heavy atom. The molecule has 0 spiro atoms. The van der Waals surface area contributed by atoms with E-state index >= 15 is 0 Å². The molecule has 0 unspecified atom stereocenters. The zero-order valence-corrected chi connectivity index (χ0v) is 17.7. The predicted molar refractivity (Wildman–Crippen MR) is 115 cm³/mol. The van der Waals surface area contributed by atoms with Gasteiger partial charge in [-0.2, -0.15) is 0 Å². The zero-order valence-electron chi connectivity index (χ0n) is 17.7. The minimum absolute atomic E-state index is 0.138. The molecule has 28 heavy (non-hydrogen) atoms. The second-order valence-corrected chi connectivity index (χ2v) is 8.16. The molecule has 156 valence electrons. The van der Waals surface area contributed by atoms with Crippen molar-refractivity contribution < 1.29 is 14.6 Å². The van der Waals surface area contributed by atoms with Gasteiger partial charge in [-0.15, -0.1) is 0 Å². The van der Waals surface area contributed by atoms with Gasteiger partial charge in [-0.25, -0.2) is 0 Å². The summed E-state index contributed by atoms with van der Waals surface area (Å²) < 4.78 is 4.66. The van der Waals surface area contributed by atoms with Crippen LogP contribution in [-0.2, 0) is 16.0 Å². The van der Waals surface area contributed by atoms with Crippen molar-refractivity contribution >= 4 is 5.97 Å². The Kier molecular flexibility index (Phi) is 10.3. The third kappa shape index (κ3) is 7.43. The summed E-state index contributed by atoms with van der Waals surface area (Å²) in [5.74, 6) is 0.609. The summed E-state index contributed by atoms with van der Waals surface area (Å²) in [4.78, 5) is 11.1. The van der Waals surface area contributed by atoms with Crippen molar-refractivity contribution in [2.45, 2.75) is 89.6 Å². The molecule has 0 aliphatic heterocycles. The molecule has 1 fully saturated rings. The van der Waals surface area contributed by atoms with Gasteiger partial charge in [0, 0.05) is 12.3 Å². The molecule has 1 aromatic rings. The molecule has 0 heterocycles. The van der Waals surface area contributed by atoms with Crippen LogP contribution in [0.3, 0.4) is 0 Å². The first kappa shape index (κ1) is 22.7. The molecule has 0 radical (unpaired) electrons. The Bertz CT molecular complexity index is 590. The van der Waals surface area contributed by atoms with Crippen molar-refractivity contribution in [2.24, 2.45) is 5.92 Å². The van der Waals surface area contributed by atoms with Gasteiger partial charge in [0.2, 0.25) is 0 Å². The van der Waals surface area contributed by atoms with Gasteiger partial charge in [-0.05, 0) is 62.0 Å². The van der Waals surface area contributed by atoms with Crippen molar-refractivity contribution in [3.05, 3.63) is 47.5 Å². The second kappa shape index (κ2) is 12.8. The Morgan fingerprint density at radius 3 is 2.61 bits per heavy atom. The molecule has 1 aromatic carbocycles. The minimum Gasteiger partial charge on any atom is -0.469 e. The SMILES string of the molecule is CCCCCCc1ccc([C@@H]2[C@@H](C/C=C\CCCC(=O)OC)CC[C@@H]2O)cc1. The van der Waals surface area contributed by atoms with Gasteiger partial charge in [0.1, 0.15) is 0 Å². The number of allylic oxidation sites excluding steroid dienone is 2. The van der Waals surface area contributed by atoms with E-state index in [0.29, 0.717) is 12.3 Å². The zero-order chi connectivity index (χ0) is 20.2. The highest BCUT2D eigenvalue weighted by molar-refractivity contribution is 5.69. The van der Waals surface area contributed by atoms with E-state index < -0.39 is 0 Å². The van der Waals surface area contributed by atoms with E-state index in [1.807, 2.05) is 0 Å². The van der Waals surface area contributed by atoms with Crippen LogP contribution in [0.4, 0.5) is 0 Å². The van der Waals surface area contributed by atoms with Crippen LogP contribution in [0.25, 0.3) is 0 Å². The van der Waals surface area contributed by atoms with Gasteiger partial charge in [0.05, 0.1) is 13.2 Å². The van der Waals surface area contributed by atoms with Crippen molar-refractivity contribution in [1.29, 1.82) is 0 Å². The van der Waals surface area contributed by atoms with Gasteiger partial charge in [0.25, 0.3) is 0 Å². The lowest BCUT2D eigenvalue weighted by atomic mass is 9.85. The molecule has 0 amide bonds. The van der Waals surface area contributed by atoms with E-state index in [4.69, 9.17) is 0 Å². The Hall–Kier alpha value is -1.61. The summed E-state index contributed by atoms with van der Waals surface area (Å²) >= 11 is 0.